The van der Waals surface area contributed by atoms with Gasteiger partial charge in [-0.2, -0.15) is 0 Å². The summed E-state index contributed by atoms with van der Waals surface area (Å²) in [5.74, 6) is 0. The fourth-order valence-corrected chi connectivity index (χ4v) is 1.50. The van der Waals surface area contributed by atoms with Gasteiger partial charge in [0.1, 0.15) is 0 Å². The zero-order chi connectivity index (χ0) is 10.4. The van der Waals surface area contributed by atoms with E-state index in [0.717, 1.165) is 0 Å². The van der Waals surface area contributed by atoms with Gasteiger partial charge in [-0.25, -0.2) is 0 Å². The summed E-state index contributed by atoms with van der Waals surface area (Å²) in [6.07, 6.45) is 0. The minimum Gasteiger partial charge on any atom is -0.374 e. The van der Waals surface area contributed by atoms with E-state index in [-0.39, 0.29) is 16.3 Å². The molecule has 0 aromatic heterocycles. The second-order valence-electron chi connectivity index (χ2n) is 4.53. The van der Waals surface area contributed by atoms with E-state index in [1.807, 2.05) is 20.8 Å². The molecule has 0 spiro atoms. The number of hydrogen-bond donors (Lipinski definition) is 0. The second-order valence-corrected chi connectivity index (χ2v) is 4.53. The molecule has 13 heavy (non-hydrogen) atoms. The van der Waals surface area contributed by atoms with Crippen LogP contribution < -0.4 is 15.8 Å². The summed E-state index contributed by atoms with van der Waals surface area (Å²) < 4.78 is 0. The molecule has 0 aliphatic rings. The van der Waals surface area contributed by atoms with Crippen LogP contribution in [0.3, 0.4) is 0 Å². The Balaban J connectivity index is 3.34. The maximum Gasteiger partial charge on any atom is 0.249 e. The van der Waals surface area contributed by atoms with Crippen molar-refractivity contribution in [3.63, 3.8) is 0 Å². The van der Waals surface area contributed by atoms with E-state index in [2.05, 4.69) is 0 Å². The zero-order valence-electron chi connectivity index (χ0n) is 8.76. The summed E-state index contributed by atoms with van der Waals surface area (Å²) >= 11 is 0. The zero-order valence-corrected chi connectivity index (χ0v) is 8.76. The first-order valence-corrected chi connectivity index (χ1v) is 4.28. The van der Waals surface area contributed by atoms with Crippen LogP contribution in [0, 0.1) is 0 Å². The first-order chi connectivity index (χ1) is 5.76. The molecule has 0 amide bonds. The molecular formula is C10H15NO2. The van der Waals surface area contributed by atoms with E-state index in [4.69, 9.17) is 0 Å². The predicted octanol–water partition coefficient (Wildman–Crippen LogP) is 0.646. The molecule has 0 aliphatic heterocycles. The summed E-state index contributed by atoms with van der Waals surface area (Å²) in [5, 5.41) is 0. The Hall–Kier alpha value is -1.12. The predicted molar refractivity (Wildman–Crippen MR) is 54.4 cm³/mol. The van der Waals surface area contributed by atoms with Crippen LogP contribution in [0.5, 0.6) is 0 Å². The molecule has 0 heterocycles. The molecule has 1 aromatic carbocycles. The van der Waals surface area contributed by atoms with Crippen molar-refractivity contribution in [3.05, 3.63) is 26.0 Å². The average molecular weight is 181 g/mol. The number of rotatable bonds is 1. The van der Waals surface area contributed by atoms with Gasteiger partial charge in [-0.15, -0.1) is 0 Å². The van der Waals surface area contributed by atoms with Crippen LogP contribution >= 0.6 is 0 Å². The van der Waals surface area contributed by atoms with Gasteiger partial charge in [0.15, 0.2) is 0 Å². The van der Waals surface area contributed by atoms with Gasteiger partial charge >= 0.3 is 0 Å². The smallest absolute Gasteiger partial charge is 0.249 e. The van der Waals surface area contributed by atoms with Crippen molar-refractivity contribution in [1.29, 1.82) is 0 Å². The van der Waals surface area contributed by atoms with E-state index in [1.165, 1.54) is 0 Å². The monoisotopic (exact) mass is 181 g/mol. The lowest BCUT2D eigenvalue weighted by Crippen LogP contribution is -2.45. The normalized spacial score (nSPS) is 12.1. The van der Waals surface area contributed by atoms with Crippen LogP contribution in [0.25, 0.3) is 0 Å². The molecule has 0 saturated heterocycles. The molecule has 1 rings (SSSR count). The maximum atomic E-state index is 11.3. The second kappa shape index (κ2) is 2.69. The maximum absolute atomic E-state index is 11.3. The molecule has 0 fully saturated rings. The Bertz CT molecular complexity index is 389. The van der Waals surface area contributed by atoms with Crippen LogP contribution in [0.4, 0.5) is 5.69 Å². The van der Waals surface area contributed by atoms with Crippen molar-refractivity contribution in [2.45, 2.75) is 26.2 Å². The highest BCUT2D eigenvalue weighted by Crippen LogP contribution is 2.26. The lowest BCUT2D eigenvalue weighted by atomic mass is 9.82. The Kier molecular flexibility index (Phi) is 2.06. The molecule has 0 unspecified atom stereocenters. The van der Waals surface area contributed by atoms with Crippen molar-refractivity contribution in [2.75, 3.05) is 19.0 Å². The topological polar surface area (TPSA) is 37.4 Å². The molecule has 72 valence electrons. The minimum atomic E-state index is -0.352. The summed E-state index contributed by atoms with van der Waals surface area (Å²) in [5.41, 5.74) is 0.316. The summed E-state index contributed by atoms with van der Waals surface area (Å²) in [6, 6.07) is 0. The first kappa shape index (κ1) is 9.96. The number of anilines is 1. The highest BCUT2D eigenvalue weighted by molar-refractivity contribution is 5.60. The third-order valence-electron chi connectivity index (χ3n) is 2.08. The molecule has 3 heteroatoms. The van der Waals surface area contributed by atoms with E-state index in [0.29, 0.717) is 11.3 Å². The number of nitrogens with zero attached hydrogens (tertiary/aromatic N) is 1. The van der Waals surface area contributed by atoms with E-state index >= 15 is 0 Å². The van der Waals surface area contributed by atoms with Crippen LogP contribution in [0.2, 0.25) is 0 Å². The minimum absolute atomic E-state index is 0.232. The summed E-state index contributed by atoms with van der Waals surface area (Å²) in [4.78, 5) is 24.2. The standard InChI is InChI=1S/C10H15NO2/c1-10(2,3)6-7(11(4)5)9(13)8(6)12/h1-5H3. The molecule has 1 aromatic rings. The Morgan fingerprint density at radius 2 is 1.46 bits per heavy atom. The Labute approximate surface area is 77.7 Å². The molecule has 3 nitrogen and oxygen atoms in total. The third kappa shape index (κ3) is 1.39. The average Bonchev–Trinajstić information content (AvgIpc) is 1.94. The fraction of sp³-hybridized carbons (Fsp3) is 0.600. The van der Waals surface area contributed by atoms with Crippen molar-refractivity contribution >= 4 is 5.69 Å². The largest absolute Gasteiger partial charge is 0.374 e. The number of hydrogen-bond acceptors (Lipinski definition) is 3. The van der Waals surface area contributed by atoms with E-state index in [1.54, 1.807) is 19.0 Å². The lowest BCUT2D eigenvalue weighted by molar-refractivity contribution is 0.577. The molecule has 0 radical (unpaired) electrons. The molecule has 0 saturated carbocycles. The van der Waals surface area contributed by atoms with Crippen molar-refractivity contribution in [3.8, 4) is 0 Å². The van der Waals surface area contributed by atoms with Gasteiger partial charge in [-0.1, -0.05) is 20.8 Å². The van der Waals surface area contributed by atoms with Crippen molar-refractivity contribution < 1.29 is 0 Å². The van der Waals surface area contributed by atoms with Crippen LogP contribution in [0.15, 0.2) is 9.59 Å². The summed E-state index contributed by atoms with van der Waals surface area (Å²) in [6.45, 7) is 5.82. The van der Waals surface area contributed by atoms with Gasteiger partial charge in [0.25, 0.3) is 0 Å². The van der Waals surface area contributed by atoms with E-state index < -0.39 is 0 Å². The van der Waals surface area contributed by atoms with Gasteiger partial charge in [0.2, 0.25) is 10.9 Å². The molecule has 0 bridgehead atoms. The van der Waals surface area contributed by atoms with Gasteiger partial charge in [-0.3, -0.25) is 9.59 Å². The SMILES string of the molecule is CN(C)c1c(C(C)(C)C)c(=O)c1=O. The van der Waals surface area contributed by atoms with Crippen LogP contribution in [-0.4, -0.2) is 14.1 Å². The lowest BCUT2D eigenvalue weighted by Gasteiger charge is -2.26. The quantitative estimate of drug-likeness (QED) is 0.597. The third-order valence-corrected chi connectivity index (χ3v) is 2.08. The fourth-order valence-electron chi connectivity index (χ4n) is 1.50. The van der Waals surface area contributed by atoms with Gasteiger partial charge in [0, 0.05) is 19.7 Å². The Morgan fingerprint density at radius 3 is 1.69 bits per heavy atom. The first-order valence-electron chi connectivity index (χ1n) is 4.28. The van der Waals surface area contributed by atoms with E-state index in [9.17, 15) is 9.59 Å². The molecule has 0 N–H and O–H groups in total. The molecular weight excluding hydrogens is 166 g/mol. The highest BCUT2D eigenvalue weighted by Gasteiger charge is 2.30. The van der Waals surface area contributed by atoms with Crippen LogP contribution in [-0.2, 0) is 5.41 Å². The van der Waals surface area contributed by atoms with Gasteiger partial charge < -0.3 is 4.90 Å². The van der Waals surface area contributed by atoms with Crippen LogP contribution in [0.1, 0.15) is 26.3 Å². The summed E-state index contributed by atoms with van der Waals surface area (Å²) in [7, 11) is 3.57. The van der Waals surface area contributed by atoms with Gasteiger partial charge in [-0.05, 0) is 5.41 Å². The Morgan fingerprint density at radius 1 is 1.00 bits per heavy atom. The van der Waals surface area contributed by atoms with Gasteiger partial charge in [0.05, 0.1) is 5.69 Å². The molecule has 0 aliphatic carbocycles. The highest BCUT2D eigenvalue weighted by atomic mass is 16.2. The van der Waals surface area contributed by atoms with Crippen molar-refractivity contribution in [1.82, 2.24) is 0 Å². The van der Waals surface area contributed by atoms with Crippen molar-refractivity contribution in [2.24, 2.45) is 0 Å². The molecule has 0 atom stereocenters.